The van der Waals surface area contributed by atoms with E-state index in [9.17, 15) is 14.7 Å². The molecule has 0 atom stereocenters. The minimum absolute atomic E-state index is 0.247. The first kappa shape index (κ1) is 22.3. The van der Waals surface area contributed by atoms with E-state index in [2.05, 4.69) is 10.4 Å². The summed E-state index contributed by atoms with van der Waals surface area (Å²) in [5.74, 6) is -0.0935. The number of allylic oxidation sites excluding steroid dienone is 2. The second-order valence-electron chi connectivity index (χ2n) is 9.93. The van der Waals surface area contributed by atoms with Gasteiger partial charge in [0.1, 0.15) is 12.4 Å². The Morgan fingerprint density at radius 3 is 2.19 bits per heavy atom. The molecule has 2 fully saturated rings. The van der Waals surface area contributed by atoms with E-state index >= 15 is 0 Å². The molecule has 2 aromatic carbocycles. The van der Waals surface area contributed by atoms with Gasteiger partial charge in [0.05, 0.1) is 17.7 Å². The molecule has 1 aromatic heterocycles. The van der Waals surface area contributed by atoms with Crippen LogP contribution in [0.1, 0.15) is 44.2 Å². The van der Waals surface area contributed by atoms with Crippen molar-refractivity contribution >= 4 is 17.9 Å². The van der Waals surface area contributed by atoms with Gasteiger partial charge < -0.3 is 9.84 Å². The van der Waals surface area contributed by atoms with Crippen LogP contribution in [-0.2, 0) is 14.9 Å². The number of benzene rings is 2. The summed E-state index contributed by atoms with van der Waals surface area (Å²) >= 11 is 0. The number of ether oxygens (including phenoxy) is 1. The molecule has 3 aliphatic carbocycles. The van der Waals surface area contributed by atoms with Crippen molar-refractivity contribution in [2.24, 2.45) is 0 Å². The van der Waals surface area contributed by atoms with Crippen LogP contribution in [-0.4, -0.2) is 33.6 Å². The topological polar surface area (TPSA) is 93.4 Å². The number of aliphatic carboxylic acids is 1. The minimum atomic E-state index is -0.744. The van der Waals surface area contributed by atoms with Gasteiger partial charge in [-0.3, -0.25) is 10.1 Å². The number of carboxylic acids is 1. The van der Waals surface area contributed by atoms with E-state index in [1.807, 2.05) is 72.3 Å². The molecule has 0 unspecified atom stereocenters. The largest absolute Gasteiger partial charge is 0.481 e. The van der Waals surface area contributed by atoms with Crippen LogP contribution < -0.4 is 5.32 Å². The summed E-state index contributed by atoms with van der Waals surface area (Å²) in [5, 5.41) is 17.0. The zero-order valence-electron chi connectivity index (χ0n) is 20.0. The standard InChI is InChI=1S/C29H27N3O4/c1-18-14-19(15-18)17-36-28(35)31-26-25(16-30-32(26)24-10-11-24)22-4-2-20(3-5-22)21-6-8-23(9-7-21)29(12-13-29)27(33)34/h2-9,14-16,24H,10-13,17H2,1H3,(H,31,35)(H,33,34). The molecule has 36 heavy (non-hydrogen) atoms. The van der Waals surface area contributed by atoms with Crippen molar-refractivity contribution in [1.82, 2.24) is 9.78 Å². The number of hydrogen-bond donors (Lipinski definition) is 2. The second-order valence-corrected chi connectivity index (χ2v) is 9.93. The van der Waals surface area contributed by atoms with Gasteiger partial charge in [0.2, 0.25) is 0 Å². The Balaban J connectivity index is 1.19. The lowest BCUT2D eigenvalue weighted by Gasteiger charge is -2.14. The highest BCUT2D eigenvalue weighted by atomic mass is 16.5. The number of hydrogen-bond acceptors (Lipinski definition) is 4. The van der Waals surface area contributed by atoms with E-state index in [-0.39, 0.29) is 6.61 Å². The first-order valence-corrected chi connectivity index (χ1v) is 12.3. The van der Waals surface area contributed by atoms with E-state index < -0.39 is 17.5 Å². The number of amides is 1. The van der Waals surface area contributed by atoms with Crippen LogP contribution in [0.2, 0.25) is 0 Å². The van der Waals surface area contributed by atoms with Crippen molar-refractivity contribution in [1.29, 1.82) is 0 Å². The van der Waals surface area contributed by atoms with Crippen LogP contribution >= 0.6 is 0 Å². The molecule has 0 aliphatic heterocycles. The average Bonchev–Trinajstić information content (AvgIpc) is 3.79. The van der Waals surface area contributed by atoms with Gasteiger partial charge in [-0.05, 0) is 60.4 Å². The lowest BCUT2D eigenvalue weighted by atomic mass is 9.93. The third kappa shape index (κ3) is 4.11. The quantitative estimate of drug-likeness (QED) is 0.405. The zero-order valence-corrected chi connectivity index (χ0v) is 20.0. The summed E-state index contributed by atoms with van der Waals surface area (Å²) in [6, 6.07) is 16.2. The fraction of sp³-hybridized carbons (Fsp3) is 0.276. The summed E-state index contributed by atoms with van der Waals surface area (Å²) in [5.41, 5.74) is 6.19. The van der Waals surface area contributed by atoms with Gasteiger partial charge in [0, 0.05) is 5.56 Å². The molecule has 1 amide bonds. The second kappa shape index (κ2) is 8.52. The van der Waals surface area contributed by atoms with Crippen molar-refractivity contribution in [3.63, 3.8) is 0 Å². The van der Waals surface area contributed by atoms with Gasteiger partial charge in [0.25, 0.3) is 0 Å². The molecule has 6 rings (SSSR count). The minimum Gasteiger partial charge on any atom is -0.481 e. The van der Waals surface area contributed by atoms with Gasteiger partial charge in [0.15, 0.2) is 0 Å². The van der Waals surface area contributed by atoms with Crippen molar-refractivity contribution in [3.05, 3.63) is 83.6 Å². The van der Waals surface area contributed by atoms with E-state index in [1.54, 1.807) is 6.20 Å². The van der Waals surface area contributed by atoms with E-state index in [1.165, 1.54) is 5.57 Å². The first-order chi connectivity index (χ1) is 17.4. The number of nitrogens with zero attached hydrogens (tertiary/aromatic N) is 2. The molecule has 0 radical (unpaired) electrons. The fourth-order valence-corrected chi connectivity index (χ4v) is 4.81. The maximum Gasteiger partial charge on any atom is 0.413 e. The van der Waals surface area contributed by atoms with Crippen LogP contribution in [0.25, 0.3) is 22.3 Å². The molecule has 2 N–H and O–H groups in total. The fourth-order valence-electron chi connectivity index (χ4n) is 4.81. The highest BCUT2D eigenvalue weighted by Gasteiger charge is 2.51. The molecular weight excluding hydrogens is 454 g/mol. The maximum atomic E-state index is 12.5. The third-order valence-corrected chi connectivity index (χ3v) is 7.23. The molecule has 0 spiro atoms. The van der Waals surface area contributed by atoms with Gasteiger partial charge in [-0.15, -0.1) is 0 Å². The zero-order chi connectivity index (χ0) is 24.9. The average molecular weight is 482 g/mol. The van der Waals surface area contributed by atoms with Crippen molar-refractivity contribution in [3.8, 4) is 22.3 Å². The molecule has 3 aliphatic rings. The Kier molecular flexibility index (Phi) is 5.29. The molecule has 7 nitrogen and oxygen atoms in total. The van der Waals surface area contributed by atoms with Crippen molar-refractivity contribution in [2.75, 3.05) is 11.9 Å². The summed E-state index contributed by atoms with van der Waals surface area (Å²) in [7, 11) is 0. The summed E-state index contributed by atoms with van der Waals surface area (Å²) < 4.78 is 7.28. The molecule has 182 valence electrons. The van der Waals surface area contributed by atoms with Crippen LogP contribution in [0.15, 0.2) is 78.0 Å². The number of carbonyl (C=O) groups is 2. The van der Waals surface area contributed by atoms with Crippen LogP contribution in [0.4, 0.5) is 10.6 Å². The highest BCUT2D eigenvalue weighted by Crippen LogP contribution is 2.48. The first-order valence-electron chi connectivity index (χ1n) is 12.3. The highest BCUT2D eigenvalue weighted by molar-refractivity contribution is 5.90. The Labute approximate surface area is 209 Å². The predicted octanol–water partition coefficient (Wildman–Crippen LogP) is 6.10. The third-order valence-electron chi connectivity index (χ3n) is 7.23. The van der Waals surface area contributed by atoms with E-state index in [0.717, 1.165) is 46.2 Å². The number of rotatable bonds is 8. The number of aromatic nitrogens is 2. The normalized spacial score (nSPS) is 17.5. The van der Waals surface area contributed by atoms with Crippen LogP contribution in [0.5, 0.6) is 0 Å². The van der Waals surface area contributed by atoms with Crippen molar-refractivity contribution in [2.45, 2.75) is 44.1 Å². The molecule has 1 heterocycles. The van der Waals surface area contributed by atoms with Crippen LogP contribution in [0.3, 0.4) is 0 Å². The van der Waals surface area contributed by atoms with E-state index in [0.29, 0.717) is 24.7 Å². The number of carbonyl (C=O) groups excluding carboxylic acids is 1. The lowest BCUT2D eigenvalue weighted by molar-refractivity contribution is -0.140. The molecule has 7 heteroatoms. The molecule has 3 aromatic rings. The Morgan fingerprint density at radius 1 is 1.03 bits per heavy atom. The number of nitrogens with one attached hydrogen (secondary N) is 1. The summed E-state index contributed by atoms with van der Waals surface area (Å²) in [4.78, 5) is 24.1. The Hall–Kier alpha value is -4.13. The molecule has 2 saturated carbocycles. The Bertz CT molecular complexity index is 1410. The number of carboxylic acid groups (broad SMARTS) is 1. The van der Waals surface area contributed by atoms with Gasteiger partial charge in [-0.2, -0.15) is 5.10 Å². The van der Waals surface area contributed by atoms with Gasteiger partial charge in [-0.25, -0.2) is 9.48 Å². The predicted molar refractivity (Wildman–Crippen MR) is 137 cm³/mol. The molecule has 0 saturated heterocycles. The monoisotopic (exact) mass is 481 g/mol. The Morgan fingerprint density at radius 2 is 1.64 bits per heavy atom. The lowest BCUT2D eigenvalue weighted by Crippen LogP contribution is -2.19. The van der Waals surface area contributed by atoms with Crippen molar-refractivity contribution < 1.29 is 19.4 Å². The maximum absolute atomic E-state index is 12.5. The summed E-state index contributed by atoms with van der Waals surface area (Å²) in [6.45, 7) is 2.25. The van der Waals surface area contributed by atoms with Crippen LogP contribution in [0, 0.1) is 0 Å². The molecule has 0 bridgehead atoms. The van der Waals surface area contributed by atoms with Gasteiger partial charge in [-0.1, -0.05) is 66.3 Å². The summed E-state index contributed by atoms with van der Waals surface area (Å²) in [6.07, 6.45) is 8.77. The molecular formula is C29H27N3O4. The number of anilines is 1. The SMILES string of the molecule is CC1=CC(COC(=O)Nc2c(-c3ccc(-c4ccc(C5(C(=O)O)CC5)cc4)cc3)cnn2C2CC2)=C1. The smallest absolute Gasteiger partial charge is 0.413 e. The van der Waals surface area contributed by atoms with E-state index in [4.69, 9.17) is 4.74 Å². The van der Waals surface area contributed by atoms with Gasteiger partial charge >= 0.3 is 12.1 Å².